The van der Waals surface area contributed by atoms with Gasteiger partial charge in [-0.3, -0.25) is 4.79 Å². The van der Waals surface area contributed by atoms with Crippen molar-refractivity contribution < 1.29 is 17.6 Å². The summed E-state index contributed by atoms with van der Waals surface area (Å²) in [5.41, 5.74) is 0. The number of thiophene rings is 1. The van der Waals surface area contributed by atoms with Gasteiger partial charge in [0.25, 0.3) is 0 Å². The third-order valence-electron chi connectivity index (χ3n) is 3.04. The van der Waals surface area contributed by atoms with Crippen LogP contribution in [0.2, 0.25) is 0 Å². The molecule has 2 N–H and O–H groups in total. The van der Waals surface area contributed by atoms with Crippen LogP contribution in [0, 0.1) is 5.82 Å². The van der Waals surface area contributed by atoms with Gasteiger partial charge in [0.1, 0.15) is 5.82 Å². The summed E-state index contributed by atoms with van der Waals surface area (Å²) < 4.78 is 39.0. The molecule has 0 radical (unpaired) electrons. The molecular formula is C15H17FN2O3S2. The summed E-state index contributed by atoms with van der Waals surface area (Å²) in [5.74, 6) is -0.725. The summed E-state index contributed by atoms with van der Waals surface area (Å²) in [6, 6.07) is 8.45. The van der Waals surface area contributed by atoms with Gasteiger partial charge in [-0.25, -0.2) is 17.5 Å². The van der Waals surface area contributed by atoms with Crippen LogP contribution in [0.3, 0.4) is 0 Å². The number of hydrogen-bond acceptors (Lipinski definition) is 4. The van der Waals surface area contributed by atoms with E-state index in [4.69, 9.17) is 0 Å². The molecule has 1 aromatic carbocycles. The van der Waals surface area contributed by atoms with E-state index in [1.165, 1.54) is 17.0 Å². The number of carbonyl (C=O) groups is 1. The highest BCUT2D eigenvalue weighted by atomic mass is 32.2. The van der Waals surface area contributed by atoms with Crippen LogP contribution in [0.1, 0.15) is 11.3 Å². The third kappa shape index (κ3) is 5.74. The van der Waals surface area contributed by atoms with E-state index in [0.717, 1.165) is 18.6 Å². The zero-order valence-corrected chi connectivity index (χ0v) is 13.9. The topological polar surface area (TPSA) is 75.3 Å². The summed E-state index contributed by atoms with van der Waals surface area (Å²) in [6.07, 6.45) is 0.801. The van der Waals surface area contributed by atoms with E-state index >= 15 is 0 Å². The smallest absolute Gasteiger partial charge is 0.240 e. The SMILES string of the molecule is O=C(CCNS(=O)(=O)c1ccc(F)cc1)NCCc1cccs1. The molecule has 1 heterocycles. The number of rotatable bonds is 8. The van der Waals surface area contributed by atoms with E-state index in [1.54, 1.807) is 11.3 Å². The minimum Gasteiger partial charge on any atom is -0.356 e. The molecule has 0 saturated carbocycles. The normalized spacial score (nSPS) is 11.3. The molecule has 0 aliphatic heterocycles. The van der Waals surface area contributed by atoms with Gasteiger partial charge in [-0.15, -0.1) is 11.3 Å². The fourth-order valence-corrected chi connectivity index (χ4v) is 3.61. The second-order valence-corrected chi connectivity index (χ2v) is 7.58. The second-order valence-electron chi connectivity index (χ2n) is 4.78. The van der Waals surface area contributed by atoms with Crippen molar-refractivity contribution in [2.24, 2.45) is 0 Å². The van der Waals surface area contributed by atoms with Gasteiger partial charge in [0.15, 0.2) is 0 Å². The van der Waals surface area contributed by atoms with Gasteiger partial charge in [-0.2, -0.15) is 0 Å². The van der Waals surface area contributed by atoms with E-state index in [0.29, 0.717) is 6.54 Å². The zero-order valence-electron chi connectivity index (χ0n) is 12.3. The van der Waals surface area contributed by atoms with Crippen molar-refractivity contribution in [1.29, 1.82) is 0 Å². The lowest BCUT2D eigenvalue weighted by atomic mass is 10.3. The number of amides is 1. The molecule has 1 amide bonds. The van der Waals surface area contributed by atoms with Crippen molar-refractivity contribution in [2.45, 2.75) is 17.7 Å². The number of hydrogen-bond donors (Lipinski definition) is 2. The zero-order chi connectivity index (χ0) is 16.7. The molecule has 0 aliphatic rings. The van der Waals surface area contributed by atoms with Crippen LogP contribution in [0.4, 0.5) is 4.39 Å². The first-order valence-electron chi connectivity index (χ1n) is 7.02. The molecule has 5 nitrogen and oxygen atoms in total. The molecule has 1 aromatic heterocycles. The van der Waals surface area contributed by atoms with E-state index in [2.05, 4.69) is 10.0 Å². The lowest BCUT2D eigenvalue weighted by molar-refractivity contribution is -0.120. The van der Waals surface area contributed by atoms with E-state index < -0.39 is 15.8 Å². The maximum absolute atomic E-state index is 12.8. The average molecular weight is 356 g/mol. The number of sulfonamides is 1. The largest absolute Gasteiger partial charge is 0.356 e. The summed E-state index contributed by atoms with van der Waals surface area (Å²) >= 11 is 1.62. The van der Waals surface area contributed by atoms with Crippen LogP contribution < -0.4 is 10.0 Å². The van der Waals surface area contributed by atoms with Crippen LogP contribution >= 0.6 is 11.3 Å². The van der Waals surface area contributed by atoms with E-state index in [1.807, 2.05) is 17.5 Å². The van der Waals surface area contributed by atoms with Gasteiger partial charge in [0.2, 0.25) is 15.9 Å². The summed E-state index contributed by atoms with van der Waals surface area (Å²) in [7, 11) is -3.72. The van der Waals surface area contributed by atoms with Crippen molar-refractivity contribution in [1.82, 2.24) is 10.0 Å². The summed E-state index contributed by atoms with van der Waals surface area (Å²) in [5, 5.41) is 4.71. The number of benzene rings is 1. The Balaban J connectivity index is 1.71. The molecule has 124 valence electrons. The molecule has 0 fully saturated rings. The summed E-state index contributed by atoms with van der Waals surface area (Å²) in [4.78, 5) is 12.8. The molecule has 23 heavy (non-hydrogen) atoms. The van der Waals surface area contributed by atoms with Gasteiger partial charge in [-0.05, 0) is 42.1 Å². The maximum atomic E-state index is 12.8. The number of carbonyl (C=O) groups excluding carboxylic acids is 1. The highest BCUT2D eigenvalue weighted by Gasteiger charge is 2.14. The fraction of sp³-hybridized carbons (Fsp3) is 0.267. The standard InChI is InChI=1S/C15H17FN2O3S2/c16-12-3-5-14(6-4-12)23(20,21)18-10-8-15(19)17-9-7-13-2-1-11-22-13/h1-6,11,18H,7-10H2,(H,17,19). The predicted molar refractivity (Wildman–Crippen MR) is 87.2 cm³/mol. The Hall–Kier alpha value is -1.77. The van der Waals surface area contributed by atoms with Crippen LogP contribution in [0.15, 0.2) is 46.7 Å². The third-order valence-corrected chi connectivity index (χ3v) is 5.45. The molecule has 0 spiro atoms. The predicted octanol–water partition coefficient (Wildman–Crippen LogP) is 1.91. The monoisotopic (exact) mass is 356 g/mol. The molecule has 0 saturated heterocycles. The second kappa shape index (κ2) is 8.19. The molecule has 0 unspecified atom stereocenters. The first kappa shape index (κ1) is 17.6. The van der Waals surface area contributed by atoms with Gasteiger partial charge < -0.3 is 5.32 Å². The lowest BCUT2D eigenvalue weighted by Crippen LogP contribution is -2.31. The Labute approximate surface area is 138 Å². The Morgan fingerprint density at radius 3 is 2.52 bits per heavy atom. The quantitative estimate of drug-likeness (QED) is 0.759. The van der Waals surface area contributed by atoms with Crippen molar-refractivity contribution in [2.75, 3.05) is 13.1 Å². The number of halogens is 1. The minimum atomic E-state index is -3.72. The van der Waals surface area contributed by atoms with Gasteiger partial charge in [0.05, 0.1) is 4.90 Å². The molecule has 2 rings (SSSR count). The van der Waals surface area contributed by atoms with Gasteiger partial charge in [0, 0.05) is 24.4 Å². The first-order chi connectivity index (χ1) is 11.0. The van der Waals surface area contributed by atoms with Crippen LogP contribution in [0.25, 0.3) is 0 Å². The van der Waals surface area contributed by atoms with Crippen molar-refractivity contribution >= 4 is 27.3 Å². The molecule has 0 aliphatic carbocycles. The maximum Gasteiger partial charge on any atom is 0.240 e. The highest BCUT2D eigenvalue weighted by molar-refractivity contribution is 7.89. The van der Waals surface area contributed by atoms with Crippen LogP contribution in [-0.4, -0.2) is 27.4 Å². The molecule has 0 bridgehead atoms. The van der Waals surface area contributed by atoms with Gasteiger partial charge >= 0.3 is 0 Å². The highest BCUT2D eigenvalue weighted by Crippen LogP contribution is 2.09. The van der Waals surface area contributed by atoms with Crippen molar-refractivity contribution in [3.05, 3.63) is 52.5 Å². The van der Waals surface area contributed by atoms with E-state index in [-0.39, 0.29) is 23.8 Å². The molecule has 8 heteroatoms. The Morgan fingerprint density at radius 2 is 1.87 bits per heavy atom. The molecule has 2 aromatic rings. The Morgan fingerprint density at radius 1 is 1.13 bits per heavy atom. The minimum absolute atomic E-state index is 0.00938. The molecular weight excluding hydrogens is 339 g/mol. The molecule has 0 atom stereocenters. The van der Waals surface area contributed by atoms with Crippen molar-refractivity contribution in [3.8, 4) is 0 Å². The van der Waals surface area contributed by atoms with Crippen LogP contribution in [-0.2, 0) is 21.2 Å². The summed E-state index contributed by atoms with van der Waals surface area (Å²) in [6.45, 7) is 0.509. The Kier molecular flexibility index (Phi) is 6.26. The Bertz CT molecular complexity index is 729. The van der Waals surface area contributed by atoms with Crippen molar-refractivity contribution in [3.63, 3.8) is 0 Å². The number of nitrogens with one attached hydrogen (secondary N) is 2. The lowest BCUT2D eigenvalue weighted by Gasteiger charge is -2.07. The van der Waals surface area contributed by atoms with Gasteiger partial charge in [-0.1, -0.05) is 6.07 Å². The first-order valence-corrected chi connectivity index (χ1v) is 9.38. The van der Waals surface area contributed by atoms with Crippen LogP contribution in [0.5, 0.6) is 0 Å². The average Bonchev–Trinajstić information content (AvgIpc) is 3.01. The van der Waals surface area contributed by atoms with E-state index in [9.17, 15) is 17.6 Å². The fourth-order valence-electron chi connectivity index (χ4n) is 1.86.